The highest BCUT2D eigenvalue weighted by molar-refractivity contribution is 5.79. The molecule has 46 heavy (non-hydrogen) atoms. The van der Waals surface area contributed by atoms with Crippen molar-refractivity contribution in [2.24, 2.45) is 11.8 Å². The molecule has 2 aromatic carbocycles. The number of hydrogen-bond acceptors (Lipinski definition) is 4. The minimum Gasteiger partial charge on any atom is -0.381 e. The van der Waals surface area contributed by atoms with Gasteiger partial charge in [0.05, 0.1) is 36.0 Å². The standard InChI is InChI=1S/C35H36F4N6O/c1-22(25-10-14-34(36,37)15-11-25)40-20-31-41-19-30(45-31)26-7-4-23(5-8-26)2-3-24-6-9-28-29(18-24)44-32(43-28)21-42-33(46)27-12-16-35(38,39)17-13-27/h4-9,18-19,25,27,40H,1,10-17,20-21H2,(H,41,45)(H,42,46)(H,43,44). The summed E-state index contributed by atoms with van der Waals surface area (Å²) < 4.78 is 53.7. The molecule has 0 atom stereocenters. The van der Waals surface area contributed by atoms with Gasteiger partial charge in [0.1, 0.15) is 11.6 Å². The van der Waals surface area contributed by atoms with E-state index in [4.69, 9.17) is 0 Å². The number of amides is 1. The number of benzene rings is 2. The van der Waals surface area contributed by atoms with Crippen LogP contribution in [0, 0.1) is 23.7 Å². The normalized spacial score (nSPS) is 18.1. The molecule has 2 aliphatic rings. The van der Waals surface area contributed by atoms with Gasteiger partial charge in [0.25, 0.3) is 0 Å². The quantitative estimate of drug-likeness (QED) is 0.122. The Morgan fingerprint density at radius 1 is 0.826 bits per heavy atom. The summed E-state index contributed by atoms with van der Waals surface area (Å²) in [5.41, 5.74) is 5.76. The van der Waals surface area contributed by atoms with Crippen molar-refractivity contribution in [2.45, 2.75) is 76.3 Å². The molecule has 2 fully saturated rings. The van der Waals surface area contributed by atoms with Crippen LogP contribution in [-0.4, -0.2) is 37.7 Å². The molecular formula is C35H36F4N6O. The molecule has 2 heterocycles. The van der Waals surface area contributed by atoms with Crippen LogP contribution in [0.2, 0.25) is 0 Å². The highest BCUT2D eigenvalue weighted by Gasteiger charge is 2.37. The van der Waals surface area contributed by atoms with Crippen molar-refractivity contribution in [1.82, 2.24) is 30.6 Å². The minimum atomic E-state index is -2.66. The van der Waals surface area contributed by atoms with Crippen LogP contribution in [0.3, 0.4) is 0 Å². The van der Waals surface area contributed by atoms with Crippen molar-refractivity contribution in [2.75, 3.05) is 0 Å². The van der Waals surface area contributed by atoms with Crippen LogP contribution in [0.5, 0.6) is 0 Å². The number of imidazole rings is 2. The fraction of sp³-hybridized carbons (Fsp3) is 0.400. The van der Waals surface area contributed by atoms with E-state index in [0.29, 0.717) is 25.2 Å². The summed E-state index contributed by atoms with van der Waals surface area (Å²) in [6, 6.07) is 13.4. The first-order valence-corrected chi connectivity index (χ1v) is 15.6. The molecular weight excluding hydrogens is 596 g/mol. The fourth-order valence-corrected chi connectivity index (χ4v) is 6.05. The average Bonchev–Trinajstić information content (AvgIpc) is 3.68. The molecule has 0 bridgehead atoms. The van der Waals surface area contributed by atoms with E-state index < -0.39 is 11.8 Å². The molecule has 0 saturated heterocycles. The van der Waals surface area contributed by atoms with Crippen molar-refractivity contribution in [3.05, 3.63) is 83.7 Å². The van der Waals surface area contributed by atoms with Gasteiger partial charge in [-0.2, -0.15) is 0 Å². The Bertz CT molecular complexity index is 1760. The summed E-state index contributed by atoms with van der Waals surface area (Å²) in [5.74, 6) is 1.91. The maximum atomic E-state index is 13.5. The molecule has 2 aromatic heterocycles. The second-order valence-electron chi connectivity index (χ2n) is 12.3. The van der Waals surface area contributed by atoms with Crippen LogP contribution >= 0.6 is 0 Å². The maximum Gasteiger partial charge on any atom is 0.248 e. The molecule has 6 rings (SSSR count). The summed E-state index contributed by atoms with van der Waals surface area (Å²) in [7, 11) is 0. The number of fused-ring (bicyclic) bond motifs is 1. The van der Waals surface area contributed by atoms with Gasteiger partial charge in [-0.1, -0.05) is 30.6 Å². The smallest absolute Gasteiger partial charge is 0.248 e. The Morgan fingerprint density at radius 3 is 2.13 bits per heavy atom. The predicted molar refractivity (Wildman–Crippen MR) is 168 cm³/mol. The van der Waals surface area contributed by atoms with E-state index in [-0.39, 0.29) is 62.8 Å². The number of allylic oxidation sites excluding steroid dienone is 1. The molecule has 0 spiro atoms. The van der Waals surface area contributed by atoms with Gasteiger partial charge in [-0.3, -0.25) is 4.79 Å². The van der Waals surface area contributed by atoms with Crippen LogP contribution in [-0.2, 0) is 17.9 Å². The number of aromatic amines is 2. The van der Waals surface area contributed by atoms with Gasteiger partial charge in [-0.25, -0.2) is 27.5 Å². The summed E-state index contributed by atoms with van der Waals surface area (Å²) in [5, 5.41) is 6.07. The highest BCUT2D eigenvalue weighted by atomic mass is 19.3. The highest BCUT2D eigenvalue weighted by Crippen LogP contribution is 2.38. The van der Waals surface area contributed by atoms with Gasteiger partial charge in [0.2, 0.25) is 17.8 Å². The molecule has 7 nitrogen and oxygen atoms in total. The topological polar surface area (TPSA) is 98.5 Å². The summed E-state index contributed by atoms with van der Waals surface area (Å²) in [6.45, 7) is 4.69. The third-order valence-electron chi connectivity index (χ3n) is 8.92. The Hall–Kier alpha value is -4.59. The number of carbonyl (C=O) groups excluding carboxylic acids is 1. The van der Waals surface area contributed by atoms with Crippen LogP contribution in [0.25, 0.3) is 22.3 Å². The number of carbonyl (C=O) groups is 1. The van der Waals surface area contributed by atoms with E-state index in [1.165, 1.54) is 0 Å². The van der Waals surface area contributed by atoms with Gasteiger partial charge in [-0.15, -0.1) is 0 Å². The monoisotopic (exact) mass is 632 g/mol. The average molecular weight is 633 g/mol. The van der Waals surface area contributed by atoms with Gasteiger partial charge in [-0.05, 0) is 67.5 Å². The van der Waals surface area contributed by atoms with Crippen molar-refractivity contribution in [3.63, 3.8) is 0 Å². The van der Waals surface area contributed by atoms with Crippen molar-refractivity contribution >= 4 is 16.9 Å². The lowest BCUT2D eigenvalue weighted by atomic mass is 9.85. The van der Waals surface area contributed by atoms with E-state index in [2.05, 4.69) is 49.0 Å². The molecule has 2 aliphatic carbocycles. The molecule has 240 valence electrons. The Kier molecular flexibility index (Phi) is 8.89. The van der Waals surface area contributed by atoms with Crippen LogP contribution < -0.4 is 10.6 Å². The lowest BCUT2D eigenvalue weighted by Gasteiger charge is -2.29. The van der Waals surface area contributed by atoms with Gasteiger partial charge in [0.15, 0.2) is 0 Å². The SMILES string of the molecule is C=C(NCc1ncc(-c2ccc(C#Cc3ccc4nc(CNC(=O)C5CCC(F)(F)CC5)[nH]c4c3)cc2)[nH]1)C1CCC(F)(F)CC1. The summed E-state index contributed by atoms with van der Waals surface area (Å²) in [4.78, 5) is 27.9. The fourth-order valence-electron chi connectivity index (χ4n) is 6.05. The van der Waals surface area contributed by atoms with E-state index in [9.17, 15) is 22.4 Å². The zero-order valence-corrected chi connectivity index (χ0v) is 25.4. The number of rotatable bonds is 8. The Morgan fingerprint density at radius 2 is 1.43 bits per heavy atom. The lowest BCUT2D eigenvalue weighted by Crippen LogP contribution is -2.35. The predicted octanol–water partition coefficient (Wildman–Crippen LogP) is 7.22. The second-order valence-corrected chi connectivity index (χ2v) is 12.3. The van der Waals surface area contributed by atoms with Crippen LogP contribution in [0.15, 0.2) is 60.9 Å². The largest absolute Gasteiger partial charge is 0.381 e. The van der Waals surface area contributed by atoms with E-state index in [1.807, 2.05) is 42.5 Å². The van der Waals surface area contributed by atoms with Crippen molar-refractivity contribution < 1.29 is 22.4 Å². The third kappa shape index (κ3) is 7.79. The molecule has 4 N–H and O–H groups in total. The molecule has 2 saturated carbocycles. The number of nitrogens with zero attached hydrogens (tertiary/aromatic N) is 2. The first-order valence-electron chi connectivity index (χ1n) is 15.6. The number of H-pyrrole nitrogens is 2. The van der Waals surface area contributed by atoms with Gasteiger partial charge < -0.3 is 20.6 Å². The van der Waals surface area contributed by atoms with E-state index >= 15 is 0 Å². The lowest BCUT2D eigenvalue weighted by molar-refractivity contribution is -0.129. The van der Waals surface area contributed by atoms with Crippen LogP contribution in [0.4, 0.5) is 17.6 Å². The maximum absolute atomic E-state index is 13.5. The van der Waals surface area contributed by atoms with E-state index in [0.717, 1.165) is 44.9 Å². The minimum absolute atomic E-state index is 0.0515. The molecule has 0 aliphatic heterocycles. The Balaban J connectivity index is 1.01. The zero-order chi connectivity index (χ0) is 32.3. The van der Waals surface area contributed by atoms with Crippen LogP contribution in [0.1, 0.15) is 74.1 Å². The molecule has 4 aromatic rings. The third-order valence-corrected chi connectivity index (χ3v) is 8.92. The Labute approximate surface area is 264 Å². The first kappa shape index (κ1) is 31.4. The number of alkyl halides is 4. The van der Waals surface area contributed by atoms with Crippen molar-refractivity contribution in [1.29, 1.82) is 0 Å². The molecule has 0 unspecified atom stereocenters. The zero-order valence-electron chi connectivity index (χ0n) is 25.4. The number of aromatic nitrogens is 4. The van der Waals surface area contributed by atoms with Crippen molar-refractivity contribution in [3.8, 4) is 23.1 Å². The van der Waals surface area contributed by atoms with E-state index in [1.54, 1.807) is 6.20 Å². The number of nitrogens with one attached hydrogen (secondary N) is 4. The molecule has 0 radical (unpaired) electrons. The summed E-state index contributed by atoms with van der Waals surface area (Å²) >= 11 is 0. The first-order chi connectivity index (χ1) is 22.0. The van der Waals surface area contributed by atoms with Gasteiger partial charge >= 0.3 is 0 Å². The molecule has 11 heteroatoms. The molecule has 1 amide bonds. The van der Waals surface area contributed by atoms with Gasteiger partial charge in [0, 0.05) is 48.4 Å². The summed E-state index contributed by atoms with van der Waals surface area (Å²) in [6.07, 6.45) is 2.34. The second kappa shape index (κ2) is 13.0. The number of hydrogen-bond donors (Lipinski definition) is 4. The number of halogens is 4.